The van der Waals surface area contributed by atoms with Gasteiger partial charge < -0.3 is 14.8 Å². The van der Waals surface area contributed by atoms with Gasteiger partial charge in [-0.15, -0.1) is 0 Å². The first-order valence-electron chi connectivity index (χ1n) is 6.50. The predicted molar refractivity (Wildman–Crippen MR) is 85.2 cm³/mol. The van der Waals surface area contributed by atoms with Crippen LogP contribution in [0.2, 0.25) is 5.02 Å². The van der Waals surface area contributed by atoms with Gasteiger partial charge in [-0.3, -0.25) is 14.9 Å². The molecule has 0 aromatic heterocycles. The first kappa shape index (κ1) is 16.6. The average molecular weight is 337 g/mol. The smallest absolute Gasteiger partial charge is 0.271 e. The molecule has 1 amide bonds. The number of non-ortho nitro benzene ring substituents is 1. The van der Waals surface area contributed by atoms with Gasteiger partial charge in [-0.25, -0.2) is 0 Å². The number of halogens is 1. The topological polar surface area (TPSA) is 90.7 Å². The molecule has 2 aromatic rings. The molecule has 0 aliphatic carbocycles. The second-order valence-corrected chi connectivity index (χ2v) is 4.84. The number of nitrogens with one attached hydrogen (secondary N) is 1. The normalized spacial score (nSPS) is 10.0. The number of nitro benzene ring substituents is 1. The van der Waals surface area contributed by atoms with Crippen molar-refractivity contribution < 1.29 is 19.2 Å². The molecule has 0 aliphatic heterocycles. The van der Waals surface area contributed by atoms with Gasteiger partial charge in [-0.05, 0) is 18.2 Å². The highest BCUT2D eigenvalue weighted by Gasteiger charge is 2.12. The molecule has 8 heteroatoms. The van der Waals surface area contributed by atoms with E-state index in [2.05, 4.69) is 5.32 Å². The van der Waals surface area contributed by atoms with E-state index < -0.39 is 10.8 Å². The number of benzene rings is 2. The fourth-order valence-corrected chi connectivity index (χ4v) is 1.91. The lowest BCUT2D eigenvalue weighted by Gasteiger charge is -2.09. The van der Waals surface area contributed by atoms with Gasteiger partial charge in [0.05, 0.1) is 22.7 Å². The van der Waals surface area contributed by atoms with Gasteiger partial charge in [0.1, 0.15) is 11.5 Å². The highest BCUT2D eigenvalue weighted by atomic mass is 35.5. The van der Waals surface area contributed by atoms with Gasteiger partial charge in [0, 0.05) is 18.2 Å². The highest BCUT2D eigenvalue weighted by molar-refractivity contribution is 6.33. The molecular weight excluding hydrogens is 324 g/mol. The molecule has 0 radical (unpaired) electrons. The summed E-state index contributed by atoms with van der Waals surface area (Å²) < 4.78 is 10.4. The zero-order valence-corrected chi connectivity index (χ0v) is 12.9. The van der Waals surface area contributed by atoms with E-state index in [-0.39, 0.29) is 23.0 Å². The zero-order valence-electron chi connectivity index (χ0n) is 12.1. The van der Waals surface area contributed by atoms with Gasteiger partial charge in [-0.2, -0.15) is 0 Å². The Labute approximate surface area is 136 Å². The summed E-state index contributed by atoms with van der Waals surface area (Å²) in [6, 6.07) is 10.6. The SMILES string of the molecule is COc1cccc(OCC(=O)Nc2cc([N+](=O)[O-])ccc2Cl)c1. The van der Waals surface area contributed by atoms with Crippen LogP contribution in [0.25, 0.3) is 0 Å². The molecule has 0 fully saturated rings. The maximum absolute atomic E-state index is 11.9. The van der Waals surface area contributed by atoms with Crippen molar-refractivity contribution in [1.29, 1.82) is 0 Å². The van der Waals surface area contributed by atoms with Gasteiger partial charge >= 0.3 is 0 Å². The van der Waals surface area contributed by atoms with Crippen LogP contribution in [0.15, 0.2) is 42.5 Å². The number of nitrogens with zero attached hydrogens (tertiary/aromatic N) is 1. The number of hydrogen-bond donors (Lipinski definition) is 1. The van der Waals surface area contributed by atoms with Crippen molar-refractivity contribution in [2.75, 3.05) is 19.0 Å². The van der Waals surface area contributed by atoms with Crippen LogP contribution < -0.4 is 14.8 Å². The van der Waals surface area contributed by atoms with Crippen molar-refractivity contribution in [1.82, 2.24) is 0 Å². The number of carbonyl (C=O) groups excluding carboxylic acids is 1. The number of rotatable bonds is 6. The van der Waals surface area contributed by atoms with Crippen LogP contribution in [0.5, 0.6) is 11.5 Å². The van der Waals surface area contributed by atoms with Crippen LogP contribution in [0.3, 0.4) is 0 Å². The zero-order chi connectivity index (χ0) is 16.8. The summed E-state index contributed by atoms with van der Waals surface area (Å²) in [7, 11) is 1.52. The molecular formula is C15H13ClN2O5. The Morgan fingerprint density at radius 3 is 2.70 bits per heavy atom. The Morgan fingerprint density at radius 2 is 2.00 bits per heavy atom. The largest absolute Gasteiger partial charge is 0.497 e. The lowest BCUT2D eigenvalue weighted by Crippen LogP contribution is -2.20. The minimum absolute atomic E-state index is 0.153. The molecule has 0 heterocycles. The number of anilines is 1. The first-order chi connectivity index (χ1) is 11.0. The minimum Gasteiger partial charge on any atom is -0.497 e. The second kappa shape index (κ2) is 7.46. The maximum Gasteiger partial charge on any atom is 0.271 e. The summed E-state index contributed by atoms with van der Waals surface area (Å²) in [6.07, 6.45) is 0. The van der Waals surface area contributed by atoms with Gasteiger partial charge in [-0.1, -0.05) is 17.7 Å². The van der Waals surface area contributed by atoms with Crippen molar-refractivity contribution in [3.63, 3.8) is 0 Å². The third kappa shape index (κ3) is 4.58. The summed E-state index contributed by atoms with van der Waals surface area (Å²) in [5.41, 5.74) is -0.0153. The van der Waals surface area contributed by atoms with Crippen LogP contribution in [0, 0.1) is 10.1 Å². The Hall–Kier alpha value is -2.80. The molecule has 0 spiro atoms. The third-order valence-electron chi connectivity index (χ3n) is 2.85. The maximum atomic E-state index is 11.9. The molecule has 0 unspecified atom stereocenters. The van der Waals surface area contributed by atoms with Gasteiger partial charge in [0.15, 0.2) is 6.61 Å². The van der Waals surface area contributed by atoms with Gasteiger partial charge in [0.25, 0.3) is 11.6 Å². The summed E-state index contributed by atoms with van der Waals surface area (Å²) in [4.78, 5) is 22.0. The Balaban J connectivity index is 1.99. The van der Waals surface area contributed by atoms with E-state index in [1.54, 1.807) is 24.3 Å². The van der Waals surface area contributed by atoms with Gasteiger partial charge in [0.2, 0.25) is 0 Å². The fourth-order valence-electron chi connectivity index (χ4n) is 1.75. The number of nitro groups is 1. The lowest BCUT2D eigenvalue weighted by atomic mass is 10.3. The van der Waals surface area contributed by atoms with Crippen molar-refractivity contribution in [2.24, 2.45) is 0 Å². The predicted octanol–water partition coefficient (Wildman–Crippen LogP) is 3.27. The second-order valence-electron chi connectivity index (χ2n) is 4.44. The fraction of sp³-hybridized carbons (Fsp3) is 0.133. The number of ether oxygens (including phenoxy) is 2. The molecule has 0 saturated heterocycles. The third-order valence-corrected chi connectivity index (χ3v) is 3.18. The van der Waals surface area contributed by atoms with Crippen molar-refractivity contribution in [2.45, 2.75) is 0 Å². The standard InChI is InChI=1S/C15H13ClN2O5/c1-22-11-3-2-4-12(8-11)23-9-15(19)17-14-7-10(18(20)21)5-6-13(14)16/h2-8H,9H2,1H3,(H,17,19). The van der Waals surface area contributed by atoms with E-state index in [0.29, 0.717) is 11.5 Å². The van der Waals surface area contributed by atoms with Crippen molar-refractivity contribution in [3.8, 4) is 11.5 Å². The molecule has 7 nitrogen and oxygen atoms in total. The molecule has 0 aliphatic rings. The Bertz CT molecular complexity index is 736. The summed E-state index contributed by atoms with van der Waals surface area (Å²) in [5.74, 6) is 0.574. The van der Waals surface area contributed by atoms with Crippen LogP contribution in [0.1, 0.15) is 0 Å². The molecule has 2 rings (SSSR count). The summed E-state index contributed by atoms with van der Waals surface area (Å²) in [6.45, 7) is -0.272. The number of methoxy groups -OCH3 is 1. The monoisotopic (exact) mass is 336 g/mol. The van der Waals surface area contributed by atoms with E-state index >= 15 is 0 Å². The van der Waals surface area contributed by atoms with E-state index in [1.165, 1.54) is 25.3 Å². The molecule has 120 valence electrons. The molecule has 0 bridgehead atoms. The number of hydrogen-bond acceptors (Lipinski definition) is 5. The number of amides is 1. The van der Waals surface area contributed by atoms with Crippen LogP contribution in [0.4, 0.5) is 11.4 Å². The molecule has 0 atom stereocenters. The Morgan fingerprint density at radius 1 is 1.26 bits per heavy atom. The molecule has 2 aromatic carbocycles. The number of carbonyl (C=O) groups is 1. The average Bonchev–Trinajstić information content (AvgIpc) is 2.55. The van der Waals surface area contributed by atoms with E-state index in [0.717, 1.165) is 0 Å². The van der Waals surface area contributed by atoms with Crippen molar-refractivity contribution in [3.05, 3.63) is 57.6 Å². The quantitative estimate of drug-likeness (QED) is 0.645. The first-order valence-corrected chi connectivity index (χ1v) is 6.88. The summed E-state index contributed by atoms with van der Waals surface area (Å²) >= 11 is 5.91. The Kier molecular flexibility index (Phi) is 5.37. The molecule has 23 heavy (non-hydrogen) atoms. The molecule has 1 N–H and O–H groups in total. The lowest BCUT2D eigenvalue weighted by molar-refractivity contribution is -0.384. The molecule has 0 saturated carbocycles. The van der Waals surface area contributed by atoms with E-state index in [9.17, 15) is 14.9 Å². The van der Waals surface area contributed by atoms with E-state index in [4.69, 9.17) is 21.1 Å². The summed E-state index contributed by atoms with van der Waals surface area (Å²) in [5, 5.41) is 13.4. The minimum atomic E-state index is -0.571. The van der Waals surface area contributed by atoms with Crippen LogP contribution in [-0.2, 0) is 4.79 Å². The highest BCUT2D eigenvalue weighted by Crippen LogP contribution is 2.26. The van der Waals surface area contributed by atoms with Crippen LogP contribution >= 0.6 is 11.6 Å². The van der Waals surface area contributed by atoms with Crippen molar-refractivity contribution >= 4 is 28.9 Å². The van der Waals surface area contributed by atoms with Crippen LogP contribution in [-0.4, -0.2) is 24.5 Å². The van der Waals surface area contributed by atoms with E-state index in [1.807, 2.05) is 0 Å².